The summed E-state index contributed by atoms with van der Waals surface area (Å²) < 4.78 is 5.27. The molecule has 0 saturated heterocycles. The van der Waals surface area contributed by atoms with Crippen LogP contribution in [0.25, 0.3) is 11.0 Å². The fourth-order valence-corrected chi connectivity index (χ4v) is 2.68. The van der Waals surface area contributed by atoms with Gasteiger partial charge in [0.1, 0.15) is 5.82 Å². The third-order valence-corrected chi connectivity index (χ3v) is 4.12. The Hall–Kier alpha value is -1.89. The molecular formula is C14H22N6O. The van der Waals surface area contributed by atoms with Crippen LogP contribution < -0.4 is 10.2 Å². The molecule has 0 aliphatic heterocycles. The maximum atomic E-state index is 5.27. The van der Waals surface area contributed by atoms with Crippen LogP contribution in [0, 0.1) is 5.92 Å². The van der Waals surface area contributed by atoms with E-state index in [1.54, 1.807) is 13.3 Å². The van der Waals surface area contributed by atoms with Crippen LogP contribution in [0.1, 0.15) is 19.8 Å². The van der Waals surface area contributed by atoms with Gasteiger partial charge in [0.15, 0.2) is 5.65 Å². The van der Waals surface area contributed by atoms with Crippen molar-refractivity contribution in [3.05, 3.63) is 6.20 Å². The predicted octanol–water partition coefficient (Wildman–Crippen LogP) is 1.65. The number of aromatic nitrogens is 4. The number of hydrogen-bond acceptors (Lipinski definition) is 6. The first-order valence-electron chi connectivity index (χ1n) is 7.39. The molecule has 1 saturated carbocycles. The Kier molecular flexibility index (Phi) is 3.92. The molecule has 2 N–H and O–H groups in total. The number of nitrogens with one attached hydrogen (secondary N) is 2. The summed E-state index contributed by atoms with van der Waals surface area (Å²) in [5.41, 5.74) is 0.759. The van der Waals surface area contributed by atoms with E-state index < -0.39 is 0 Å². The summed E-state index contributed by atoms with van der Waals surface area (Å²) in [6.45, 7) is 3.75. The third-order valence-electron chi connectivity index (χ3n) is 4.12. The van der Waals surface area contributed by atoms with Gasteiger partial charge in [-0.15, -0.1) is 0 Å². The minimum atomic E-state index is 0.442. The van der Waals surface area contributed by atoms with Gasteiger partial charge >= 0.3 is 0 Å². The molecule has 21 heavy (non-hydrogen) atoms. The molecule has 114 valence electrons. The molecule has 0 bridgehead atoms. The SMILES string of the molecule is CNc1nc(N(CCOC)C(C)C2CC2)c2cn[nH]c2n1. The third kappa shape index (κ3) is 2.78. The van der Waals surface area contributed by atoms with Crippen LogP contribution in [-0.2, 0) is 4.74 Å². The molecule has 3 rings (SSSR count). The lowest BCUT2D eigenvalue weighted by Crippen LogP contribution is -2.38. The van der Waals surface area contributed by atoms with Crippen LogP contribution in [0.4, 0.5) is 11.8 Å². The van der Waals surface area contributed by atoms with E-state index in [-0.39, 0.29) is 0 Å². The van der Waals surface area contributed by atoms with Crippen LogP contribution >= 0.6 is 0 Å². The Labute approximate surface area is 124 Å². The molecule has 1 aliphatic carbocycles. The van der Waals surface area contributed by atoms with Crippen molar-refractivity contribution in [1.82, 2.24) is 20.2 Å². The van der Waals surface area contributed by atoms with Gasteiger partial charge in [0.2, 0.25) is 5.95 Å². The van der Waals surface area contributed by atoms with Gasteiger partial charge in [0.25, 0.3) is 0 Å². The number of rotatable bonds is 7. The number of H-pyrrole nitrogens is 1. The summed E-state index contributed by atoms with van der Waals surface area (Å²) >= 11 is 0. The Morgan fingerprint density at radius 2 is 2.29 bits per heavy atom. The van der Waals surface area contributed by atoms with Crippen molar-refractivity contribution in [2.24, 2.45) is 5.92 Å². The van der Waals surface area contributed by atoms with Gasteiger partial charge in [-0.3, -0.25) is 5.10 Å². The smallest absolute Gasteiger partial charge is 0.226 e. The highest BCUT2D eigenvalue weighted by atomic mass is 16.5. The first-order chi connectivity index (χ1) is 10.2. The molecule has 1 aliphatic rings. The molecular weight excluding hydrogens is 268 g/mol. The van der Waals surface area contributed by atoms with Crippen LogP contribution in [0.5, 0.6) is 0 Å². The second-order valence-electron chi connectivity index (χ2n) is 5.52. The highest BCUT2D eigenvalue weighted by Gasteiger charge is 2.33. The molecule has 0 amide bonds. The van der Waals surface area contributed by atoms with Crippen molar-refractivity contribution < 1.29 is 4.74 Å². The number of ether oxygens (including phenoxy) is 1. The van der Waals surface area contributed by atoms with Crippen LogP contribution in [0.15, 0.2) is 6.20 Å². The van der Waals surface area contributed by atoms with Crippen molar-refractivity contribution in [2.45, 2.75) is 25.8 Å². The van der Waals surface area contributed by atoms with E-state index in [0.29, 0.717) is 18.6 Å². The van der Waals surface area contributed by atoms with Gasteiger partial charge in [-0.1, -0.05) is 0 Å². The molecule has 1 fully saturated rings. The van der Waals surface area contributed by atoms with Gasteiger partial charge in [0, 0.05) is 26.7 Å². The summed E-state index contributed by atoms with van der Waals surface area (Å²) in [6, 6.07) is 0.442. The average molecular weight is 290 g/mol. The fourth-order valence-electron chi connectivity index (χ4n) is 2.68. The standard InChI is InChI=1S/C14H22N6O/c1-9(10-4-5-10)20(6-7-21-3)13-11-8-16-19-12(11)17-14(15-2)18-13/h8-10H,4-7H2,1-3H3,(H2,15,16,17,18,19). The average Bonchev–Trinajstić information content (AvgIpc) is 3.24. The Bertz CT molecular complexity index is 609. The summed E-state index contributed by atoms with van der Waals surface area (Å²) in [7, 11) is 3.55. The van der Waals surface area contributed by atoms with E-state index in [1.807, 2.05) is 7.05 Å². The van der Waals surface area contributed by atoms with Gasteiger partial charge in [0.05, 0.1) is 18.2 Å². The monoisotopic (exact) mass is 290 g/mol. The lowest BCUT2D eigenvalue weighted by Gasteiger charge is -2.30. The summed E-state index contributed by atoms with van der Waals surface area (Å²) in [6.07, 6.45) is 4.38. The lowest BCUT2D eigenvalue weighted by molar-refractivity contribution is 0.202. The fraction of sp³-hybridized carbons (Fsp3) is 0.643. The lowest BCUT2D eigenvalue weighted by atomic mass is 10.1. The highest BCUT2D eigenvalue weighted by Crippen LogP contribution is 2.37. The van der Waals surface area contributed by atoms with Crippen LogP contribution in [0.3, 0.4) is 0 Å². The predicted molar refractivity (Wildman–Crippen MR) is 82.6 cm³/mol. The van der Waals surface area contributed by atoms with Gasteiger partial charge in [-0.05, 0) is 25.7 Å². The maximum absolute atomic E-state index is 5.27. The summed E-state index contributed by atoms with van der Waals surface area (Å²) in [5, 5.41) is 11.0. The number of anilines is 2. The second-order valence-corrected chi connectivity index (χ2v) is 5.52. The van der Waals surface area contributed by atoms with E-state index in [9.17, 15) is 0 Å². The van der Waals surface area contributed by atoms with Crippen molar-refractivity contribution in [1.29, 1.82) is 0 Å². The molecule has 7 heteroatoms. The van der Waals surface area contributed by atoms with Crippen molar-refractivity contribution in [2.75, 3.05) is 37.5 Å². The van der Waals surface area contributed by atoms with Gasteiger partial charge in [-0.2, -0.15) is 15.1 Å². The van der Waals surface area contributed by atoms with Crippen molar-refractivity contribution >= 4 is 22.8 Å². The van der Waals surface area contributed by atoms with E-state index in [1.165, 1.54) is 12.8 Å². The topological polar surface area (TPSA) is 79.0 Å². The first kappa shape index (κ1) is 14.1. The quantitative estimate of drug-likeness (QED) is 0.807. The molecule has 0 radical (unpaired) electrons. The second kappa shape index (κ2) is 5.85. The molecule has 1 unspecified atom stereocenters. The normalized spacial score (nSPS) is 16.1. The molecule has 2 heterocycles. The molecule has 1 atom stereocenters. The highest BCUT2D eigenvalue weighted by molar-refractivity contribution is 5.87. The zero-order valence-electron chi connectivity index (χ0n) is 12.8. The maximum Gasteiger partial charge on any atom is 0.226 e. The van der Waals surface area contributed by atoms with Crippen LogP contribution in [0.2, 0.25) is 0 Å². The number of methoxy groups -OCH3 is 1. The zero-order chi connectivity index (χ0) is 14.8. The Balaban J connectivity index is 2.01. The first-order valence-corrected chi connectivity index (χ1v) is 7.39. The minimum absolute atomic E-state index is 0.442. The Morgan fingerprint density at radius 1 is 1.48 bits per heavy atom. The minimum Gasteiger partial charge on any atom is -0.383 e. The van der Waals surface area contributed by atoms with Gasteiger partial charge in [-0.25, -0.2) is 0 Å². The van der Waals surface area contributed by atoms with Crippen LogP contribution in [-0.4, -0.2) is 53.5 Å². The number of fused-ring (bicyclic) bond motifs is 1. The molecule has 0 aromatic carbocycles. The van der Waals surface area contributed by atoms with E-state index in [0.717, 1.165) is 29.3 Å². The van der Waals surface area contributed by atoms with E-state index in [2.05, 4.69) is 37.3 Å². The Morgan fingerprint density at radius 3 is 2.95 bits per heavy atom. The molecule has 2 aromatic rings. The van der Waals surface area contributed by atoms with Crippen molar-refractivity contribution in [3.8, 4) is 0 Å². The molecule has 0 spiro atoms. The largest absolute Gasteiger partial charge is 0.383 e. The van der Waals surface area contributed by atoms with Gasteiger partial charge < -0.3 is 15.0 Å². The van der Waals surface area contributed by atoms with E-state index in [4.69, 9.17) is 4.74 Å². The van der Waals surface area contributed by atoms with Crippen molar-refractivity contribution in [3.63, 3.8) is 0 Å². The molecule has 2 aromatic heterocycles. The molecule has 7 nitrogen and oxygen atoms in total. The summed E-state index contributed by atoms with van der Waals surface area (Å²) in [5.74, 6) is 2.28. The number of nitrogens with zero attached hydrogens (tertiary/aromatic N) is 4. The number of hydrogen-bond donors (Lipinski definition) is 2. The zero-order valence-corrected chi connectivity index (χ0v) is 12.8. The van der Waals surface area contributed by atoms with E-state index >= 15 is 0 Å². The number of aromatic amines is 1. The summed E-state index contributed by atoms with van der Waals surface area (Å²) in [4.78, 5) is 11.4.